The average molecular weight is 300 g/mol. The molecule has 1 atom stereocenters. The molecule has 0 radical (unpaired) electrons. The van der Waals surface area contributed by atoms with Gasteiger partial charge in [-0.25, -0.2) is 4.98 Å². The molecule has 1 aromatic heterocycles. The first kappa shape index (κ1) is 14.7. The van der Waals surface area contributed by atoms with Crippen LogP contribution in [0.2, 0.25) is 0 Å². The summed E-state index contributed by atoms with van der Waals surface area (Å²) in [6, 6.07) is 0. The molecule has 1 aliphatic carbocycles. The Bertz CT molecular complexity index is 434. The van der Waals surface area contributed by atoms with E-state index >= 15 is 0 Å². The van der Waals surface area contributed by atoms with Crippen molar-refractivity contribution in [2.45, 2.75) is 32.1 Å². The molecule has 1 N–H and O–H groups in total. The summed E-state index contributed by atoms with van der Waals surface area (Å²) >= 11 is 3.49. The van der Waals surface area contributed by atoms with Crippen LogP contribution in [0.25, 0.3) is 0 Å². The number of fused-ring (bicyclic) bond motifs is 1. The number of anilines is 1. The van der Waals surface area contributed by atoms with Gasteiger partial charge in [0.2, 0.25) is 0 Å². The van der Waals surface area contributed by atoms with Crippen molar-refractivity contribution in [2.75, 3.05) is 30.5 Å². The van der Waals surface area contributed by atoms with Crippen LogP contribution in [0, 0.1) is 0 Å². The summed E-state index contributed by atoms with van der Waals surface area (Å²) in [7, 11) is 0. The maximum atomic E-state index is 11.9. The summed E-state index contributed by atoms with van der Waals surface area (Å²) in [5.74, 6) is 0.784. The van der Waals surface area contributed by atoms with Crippen LogP contribution in [0.15, 0.2) is 0 Å². The quantitative estimate of drug-likeness (QED) is 0.646. The number of carbonyl (C=O) groups is 1. The monoisotopic (exact) mass is 300 g/mol. The van der Waals surface area contributed by atoms with E-state index in [-0.39, 0.29) is 11.9 Å². The fraction of sp³-hybridized carbons (Fsp3) is 0.692. The molecule has 19 heavy (non-hydrogen) atoms. The Morgan fingerprint density at radius 3 is 3.21 bits per heavy atom. The normalized spacial score (nSPS) is 17.9. The minimum atomic E-state index is -0.156. The molecule has 0 amide bonds. The summed E-state index contributed by atoms with van der Waals surface area (Å²) < 4.78 is 5.15. The number of nitrogens with one attached hydrogen (secondary N) is 1. The van der Waals surface area contributed by atoms with E-state index in [1.807, 2.05) is 18.7 Å². The number of rotatable bonds is 6. The molecule has 1 aromatic rings. The van der Waals surface area contributed by atoms with E-state index in [9.17, 15) is 4.79 Å². The zero-order chi connectivity index (χ0) is 13.7. The second kappa shape index (κ2) is 7.14. The maximum absolute atomic E-state index is 11.9. The van der Waals surface area contributed by atoms with Crippen LogP contribution in [0.5, 0.6) is 0 Å². The molecule has 1 aliphatic rings. The molecular weight excluding hydrogens is 280 g/mol. The van der Waals surface area contributed by atoms with Crippen LogP contribution in [0.1, 0.15) is 36.3 Å². The smallest absolute Gasteiger partial charge is 0.315 e. The van der Waals surface area contributed by atoms with Crippen molar-refractivity contribution >= 4 is 34.2 Å². The molecule has 4 nitrogen and oxygen atoms in total. The number of nitrogens with zero attached hydrogens (tertiary/aromatic N) is 1. The molecule has 0 aromatic carbocycles. The van der Waals surface area contributed by atoms with Gasteiger partial charge in [0.25, 0.3) is 0 Å². The lowest BCUT2D eigenvalue weighted by molar-refractivity contribution is -0.145. The molecular formula is C13H20N2O2S2. The van der Waals surface area contributed by atoms with Gasteiger partial charge in [0.1, 0.15) is 5.92 Å². The Balaban J connectivity index is 2.08. The Morgan fingerprint density at radius 1 is 1.63 bits per heavy atom. The number of ether oxygens (including phenoxy) is 1. The van der Waals surface area contributed by atoms with E-state index in [2.05, 4.69) is 16.6 Å². The van der Waals surface area contributed by atoms with Crippen LogP contribution >= 0.6 is 23.1 Å². The van der Waals surface area contributed by atoms with Gasteiger partial charge in [0.05, 0.1) is 12.3 Å². The van der Waals surface area contributed by atoms with Gasteiger partial charge in [-0.1, -0.05) is 0 Å². The molecule has 1 unspecified atom stereocenters. The van der Waals surface area contributed by atoms with Gasteiger partial charge in [-0.15, -0.1) is 11.3 Å². The first-order valence-corrected chi connectivity index (χ1v) is 8.86. The van der Waals surface area contributed by atoms with Gasteiger partial charge < -0.3 is 10.1 Å². The SMILES string of the molecule is CCOC(=O)C1CCCc2sc(NCCSC)nc21. The second-order valence-electron chi connectivity index (χ2n) is 4.44. The topological polar surface area (TPSA) is 51.2 Å². The minimum absolute atomic E-state index is 0.121. The van der Waals surface area contributed by atoms with E-state index in [0.29, 0.717) is 6.61 Å². The number of hydrogen-bond donors (Lipinski definition) is 1. The van der Waals surface area contributed by atoms with E-state index in [1.165, 1.54) is 4.88 Å². The van der Waals surface area contributed by atoms with Crippen molar-refractivity contribution in [2.24, 2.45) is 0 Å². The van der Waals surface area contributed by atoms with Crippen molar-refractivity contribution in [3.8, 4) is 0 Å². The van der Waals surface area contributed by atoms with E-state index in [4.69, 9.17) is 4.74 Å². The van der Waals surface area contributed by atoms with Crippen molar-refractivity contribution in [1.29, 1.82) is 0 Å². The largest absolute Gasteiger partial charge is 0.465 e. The molecule has 0 bridgehead atoms. The van der Waals surface area contributed by atoms with Crippen molar-refractivity contribution < 1.29 is 9.53 Å². The summed E-state index contributed by atoms with van der Waals surface area (Å²) in [6.45, 7) is 3.20. The molecule has 0 saturated heterocycles. The van der Waals surface area contributed by atoms with Crippen molar-refractivity contribution in [3.63, 3.8) is 0 Å². The van der Waals surface area contributed by atoms with Gasteiger partial charge in [0, 0.05) is 17.2 Å². The van der Waals surface area contributed by atoms with Gasteiger partial charge >= 0.3 is 5.97 Å². The fourth-order valence-corrected chi connectivity index (χ4v) is 3.62. The molecule has 0 spiro atoms. The standard InChI is InChI=1S/C13H20N2O2S2/c1-3-17-12(16)9-5-4-6-10-11(9)15-13(19-10)14-7-8-18-2/h9H,3-8H2,1-2H3,(H,14,15). The van der Waals surface area contributed by atoms with Gasteiger partial charge in [0.15, 0.2) is 5.13 Å². The third-order valence-corrected chi connectivity index (χ3v) is 4.81. The Labute approximate surface area is 122 Å². The number of hydrogen-bond acceptors (Lipinski definition) is 6. The minimum Gasteiger partial charge on any atom is -0.465 e. The highest BCUT2D eigenvalue weighted by Gasteiger charge is 2.31. The Morgan fingerprint density at radius 2 is 2.47 bits per heavy atom. The average Bonchev–Trinajstić information content (AvgIpc) is 2.81. The summed E-state index contributed by atoms with van der Waals surface area (Å²) in [6.07, 6.45) is 5.03. The first-order chi connectivity index (χ1) is 9.26. The first-order valence-electron chi connectivity index (χ1n) is 6.65. The highest BCUT2D eigenvalue weighted by Crippen LogP contribution is 2.37. The number of thiazole rings is 1. The lowest BCUT2D eigenvalue weighted by Crippen LogP contribution is -2.20. The van der Waals surface area contributed by atoms with E-state index in [1.54, 1.807) is 11.3 Å². The van der Waals surface area contributed by atoms with Crippen LogP contribution in [-0.4, -0.2) is 36.1 Å². The fourth-order valence-electron chi connectivity index (χ4n) is 2.23. The molecule has 0 saturated carbocycles. The number of carbonyl (C=O) groups excluding carboxylic acids is 1. The lowest BCUT2D eigenvalue weighted by Gasteiger charge is -2.19. The summed E-state index contributed by atoms with van der Waals surface area (Å²) in [5, 5.41) is 4.27. The third-order valence-electron chi connectivity index (χ3n) is 3.11. The summed E-state index contributed by atoms with van der Waals surface area (Å²) in [4.78, 5) is 17.8. The number of esters is 1. The Hall–Kier alpha value is -0.750. The van der Waals surface area contributed by atoms with Crippen LogP contribution in [0.3, 0.4) is 0 Å². The highest BCUT2D eigenvalue weighted by molar-refractivity contribution is 7.98. The van der Waals surface area contributed by atoms with Crippen LogP contribution in [-0.2, 0) is 16.0 Å². The molecule has 6 heteroatoms. The number of thioether (sulfide) groups is 1. The summed E-state index contributed by atoms with van der Waals surface area (Å²) in [5.41, 5.74) is 0.946. The predicted molar refractivity (Wildman–Crippen MR) is 81.3 cm³/mol. The van der Waals surface area contributed by atoms with E-state index < -0.39 is 0 Å². The van der Waals surface area contributed by atoms with E-state index in [0.717, 1.165) is 42.4 Å². The predicted octanol–water partition coefficient (Wildman–Crippen LogP) is 2.90. The molecule has 0 fully saturated rings. The highest BCUT2D eigenvalue weighted by atomic mass is 32.2. The van der Waals surface area contributed by atoms with Gasteiger partial charge in [-0.3, -0.25) is 4.79 Å². The van der Waals surface area contributed by atoms with Crippen molar-refractivity contribution in [3.05, 3.63) is 10.6 Å². The van der Waals surface area contributed by atoms with Crippen molar-refractivity contribution in [1.82, 2.24) is 4.98 Å². The molecule has 0 aliphatic heterocycles. The Kier molecular flexibility index (Phi) is 5.51. The van der Waals surface area contributed by atoms with Gasteiger partial charge in [-0.05, 0) is 32.4 Å². The second-order valence-corrected chi connectivity index (χ2v) is 6.51. The van der Waals surface area contributed by atoms with Crippen LogP contribution in [0.4, 0.5) is 5.13 Å². The number of aromatic nitrogens is 1. The zero-order valence-electron chi connectivity index (χ0n) is 11.4. The maximum Gasteiger partial charge on any atom is 0.315 e. The van der Waals surface area contributed by atoms with Crippen LogP contribution < -0.4 is 5.32 Å². The lowest BCUT2D eigenvalue weighted by atomic mass is 9.91. The molecule has 1 heterocycles. The zero-order valence-corrected chi connectivity index (χ0v) is 13.0. The molecule has 106 valence electrons. The third kappa shape index (κ3) is 3.63. The van der Waals surface area contributed by atoms with Gasteiger partial charge in [-0.2, -0.15) is 11.8 Å². The molecule has 2 rings (SSSR count). The number of aryl methyl sites for hydroxylation is 1.